The number of nitrogens with zero attached hydrogens (tertiary/aromatic N) is 1. The molecule has 0 unspecified atom stereocenters. The van der Waals surface area contributed by atoms with E-state index in [-0.39, 0.29) is 6.10 Å². The first-order valence-corrected chi connectivity index (χ1v) is 4.48. The molecular weight excluding hydrogens is 178 g/mol. The van der Waals surface area contributed by atoms with Gasteiger partial charge < -0.3 is 4.74 Å². The Labute approximate surface area is 83.4 Å². The molecule has 1 rings (SSSR count). The average molecular weight is 191 g/mol. The summed E-state index contributed by atoms with van der Waals surface area (Å²) >= 11 is 0. The van der Waals surface area contributed by atoms with E-state index in [4.69, 9.17) is 4.74 Å². The van der Waals surface area contributed by atoms with Gasteiger partial charge in [0.1, 0.15) is 5.75 Å². The first kappa shape index (κ1) is 10.5. The van der Waals surface area contributed by atoms with Crippen molar-refractivity contribution in [2.24, 2.45) is 4.99 Å². The fourth-order valence-electron chi connectivity index (χ4n) is 1.09. The summed E-state index contributed by atoms with van der Waals surface area (Å²) in [5.41, 5.74) is 1.60. The Balaban J connectivity index is 3.01. The van der Waals surface area contributed by atoms with E-state index in [0.717, 1.165) is 11.3 Å². The van der Waals surface area contributed by atoms with Gasteiger partial charge in [-0.25, -0.2) is 4.79 Å². The van der Waals surface area contributed by atoms with Gasteiger partial charge in [0.15, 0.2) is 0 Å². The van der Waals surface area contributed by atoms with Crippen LogP contribution in [0.5, 0.6) is 5.75 Å². The Morgan fingerprint density at radius 1 is 1.43 bits per heavy atom. The summed E-state index contributed by atoms with van der Waals surface area (Å²) in [7, 11) is 0. The highest BCUT2D eigenvalue weighted by molar-refractivity contribution is 5.53. The summed E-state index contributed by atoms with van der Waals surface area (Å²) in [6, 6.07) is 5.36. The van der Waals surface area contributed by atoms with Crippen LogP contribution in [0.4, 0.5) is 5.69 Å². The van der Waals surface area contributed by atoms with Crippen molar-refractivity contribution < 1.29 is 9.53 Å². The third kappa shape index (κ3) is 2.71. The van der Waals surface area contributed by atoms with Crippen LogP contribution in [0.25, 0.3) is 0 Å². The minimum atomic E-state index is 0.115. The molecule has 0 radical (unpaired) electrons. The van der Waals surface area contributed by atoms with Crippen molar-refractivity contribution in [3.63, 3.8) is 0 Å². The summed E-state index contributed by atoms with van der Waals surface area (Å²) in [5.74, 6) is 0.761. The lowest BCUT2D eigenvalue weighted by Gasteiger charge is -2.12. The largest absolute Gasteiger partial charge is 0.491 e. The number of aryl methyl sites for hydroxylation is 1. The van der Waals surface area contributed by atoms with Crippen molar-refractivity contribution in [3.8, 4) is 5.75 Å². The predicted molar refractivity (Wildman–Crippen MR) is 54.7 cm³/mol. The Morgan fingerprint density at radius 2 is 2.14 bits per heavy atom. The molecule has 0 aliphatic carbocycles. The second-order valence-corrected chi connectivity index (χ2v) is 3.32. The van der Waals surface area contributed by atoms with Crippen LogP contribution in [-0.2, 0) is 4.79 Å². The summed E-state index contributed by atoms with van der Waals surface area (Å²) in [5, 5.41) is 0. The van der Waals surface area contributed by atoms with E-state index in [0.29, 0.717) is 5.69 Å². The van der Waals surface area contributed by atoms with E-state index in [1.165, 1.54) is 6.08 Å². The summed E-state index contributed by atoms with van der Waals surface area (Å²) in [4.78, 5) is 13.6. The molecule has 0 saturated carbocycles. The van der Waals surface area contributed by atoms with E-state index < -0.39 is 0 Å². The molecule has 0 amide bonds. The molecule has 0 heterocycles. The molecule has 3 nitrogen and oxygen atoms in total. The van der Waals surface area contributed by atoms with E-state index >= 15 is 0 Å². The molecule has 0 atom stereocenters. The van der Waals surface area contributed by atoms with Gasteiger partial charge in [0, 0.05) is 6.07 Å². The van der Waals surface area contributed by atoms with Crippen LogP contribution >= 0.6 is 0 Å². The molecule has 0 aromatic heterocycles. The standard InChI is InChI=1S/C11H13NO2/c1-8(2)14-11-6-10(12-7-13)5-4-9(11)3/h4-6,8H,1-3H3. The lowest BCUT2D eigenvalue weighted by molar-refractivity contribution is 0.241. The number of hydrogen-bond donors (Lipinski definition) is 0. The van der Waals surface area contributed by atoms with Gasteiger partial charge in [-0.2, -0.15) is 4.99 Å². The van der Waals surface area contributed by atoms with Gasteiger partial charge in [0.2, 0.25) is 6.08 Å². The second-order valence-electron chi connectivity index (χ2n) is 3.32. The first-order valence-electron chi connectivity index (χ1n) is 4.48. The smallest absolute Gasteiger partial charge is 0.240 e. The number of benzene rings is 1. The van der Waals surface area contributed by atoms with Crippen LogP contribution in [0, 0.1) is 6.92 Å². The van der Waals surface area contributed by atoms with Gasteiger partial charge in [-0.1, -0.05) is 6.07 Å². The fraction of sp³-hybridized carbons (Fsp3) is 0.364. The molecule has 14 heavy (non-hydrogen) atoms. The summed E-state index contributed by atoms with van der Waals surface area (Å²) in [6.45, 7) is 5.86. The Morgan fingerprint density at radius 3 is 2.71 bits per heavy atom. The maximum absolute atomic E-state index is 10.1. The van der Waals surface area contributed by atoms with Crippen LogP contribution in [0.2, 0.25) is 0 Å². The molecule has 0 spiro atoms. The lowest BCUT2D eigenvalue weighted by atomic mass is 10.2. The zero-order valence-corrected chi connectivity index (χ0v) is 8.57. The van der Waals surface area contributed by atoms with E-state index in [1.54, 1.807) is 12.1 Å². The Bertz CT molecular complexity index is 366. The van der Waals surface area contributed by atoms with E-state index in [9.17, 15) is 4.79 Å². The zero-order chi connectivity index (χ0) is 10.6. The highest BCUT2D eigenvalue weighted by Gasteiger charge is 2.02. The molecule has 3 heteroatoms. The van der Waals surface area contributed by atoms with Crippen molar-refractivity contribution >= 4 is 11.8 Å². The quantitative estimate of drug-likeness (QED) is 0.544. The highest BCUT2D eigenvalue weighted by atomic mass is 16.5. The molecule has 1 aromatic rings. The van der Waals surface area contributed by atoms with Gasteiger partial charge in [0.05, 0.1) is 11.8 Å². The van der Waals surface area contributed by atoms with Gasteiger partial charge in [-0.3, -0.25) is 0 Å². The average Bonchev–Trinajstić information content (AvgIpc) is 2.10. The van der Waals surface area contributed by atoms with E-state index in [1.807, 2.05) is 26.8 Å². The molecular formula is C11H13NO2. The summed E-state index contributed by atoms with van der Waals surface area (Å²) < 4.78 is 5.54. The fourth-order valence-corrected chi connectivity index (χ4v) is 1.09. The van der Waals surface area contributed by atoms with E-state index in [2.05, 4.69) is 4.99 Å². The zero-order valence-electron chi connectivity index (χ0n) is 8.57. The monoisotopic (exact) mass is 191 g/mol. The van der Waals surface area contributed by atoms with Crippen molar-refractivity contribution in [1.82, 2.24) is 0 Å². The number of hydrogen-bond acceptors (Lipinski definition) is 3. The third-order valence-electron chi connectivity index (χ3n) is 1.71. The molecule has 0 bridgehead atoms. The van der Waals surface area contributed by atoms with Crippen molar-refractivity contribution in [2.45, 2.75) is 26.9 Å². The Kier molecular flexibility index (Phi) is 3.43. The SMILES string of the molecule is Cc1ccc(N=C=O)cc1OC(C)C. The van der Waals surface area contributed by atoms with Crippen molar-refractivity contribution in [2.75, 3.05) is 0 Å². The number of carbonyl (C=O) groups excluding carboxylic acids is 1. The minimum absolute atomic E-state index is 0.115. The molecule has 0 N–H and O–H groups in total. The molecule has 1 aromatic carbocycles. The first-order chi connectivity index (χ1) is 6.63. The van der Waals surface area contributed by atoms with Gasteiger partial charge in [-0.15, -0.1) is 0 Å². The van der Waals surface area contributed by atoms with Gasteiger partial charge in [0.25, 0.3) is 0 Å². The Hall–Kier alpha value is -1.60. The van der Waals surface area contributed by atoms with Crippen LogP contribution in [0.3, 0.4) is 0 Å². The second kappa shape index (κ2) is 4.58. The molecule has 0 saturated heterocycles. The van der Waals surface area contributed by atoms with Crippen molar-refractivity contribution in [3.05, 3.63) is 23.8 Å². The third-order valence-corrected chi connectivity index (χ3v) is 1.71. The van der Waals surface area contributed by atoms with Gasteiger partial charge >= 0.3 is 0 Å². The van der Waals surface area contributed by atoms with Crippen molar-refractivity contribution in [1.29, 1.82) is 0 Å². The maximum Gasteiger partial charge on any atom is 0.240 e. The maximum atomic E-state index is 10.1. The number of aliphatic imine (C=N–C) groups is 1. The number of rotatable bonds is 3. The molecule has 0 fully saturated rings. The number of isocyanates is 1. The number of ether oxygens (including phenoxy) is 1. The summed E-state index contributed by atoms with van der Waals surface area (Å²) in [6.07, 6.45) is 1.62. The van der Waals surface area contributed by atoms with Crippen LogP contribution in [0.15, 0.2) is 23.2 Å². The van der Waals surface area contributed by atoms with Crippen LogP contribution in [-0.4, -0.2) is 12.2 Å². The van der Waals surface area contributed by atoms with Crippen LogP contribution in [0.1, 0.15) is 19.4 Å². The highest BCUT2D eigenvalue weighted by Crippen LogP contribution is 2.24. The molecule has 0 aliphatic rings. The lowest BCUT2D eigenvalue weighted by Crippen LogP contribution is -2.06. The normalized spacial score (nSPS) is 9.71. The van der Waals surface area contributed by atoms with Crippen LogP contribution < -0.4 is 4.74 Å². The predicted octanol–water partition coefficient (Wildman–Crippen LogP) is 2.75. The topological polar surface area (TPSA) is 38.7 Å². The van der Waals surface area contributed by atoms with Gasteiger partial charge in [-0.05, 0) is 32.4 Å². The minimum Gasteiger partial charge on any atom is -0.491 e. The molecule has 0 aliphatic heterocycles. The molecule has 74 valence electrons.